The maximum absolute atomic E-state index is 13.2. The van der Waals surface area contributed by atoms with Crippen molar-refractivity contribution in [2.75, 3.05) is 24.2 Å². The zero-order valence-electron chi connectivity index (χ0n) is 9.68. The van der Waals surface area contributed by atoms with Gasteiger partial charge in [0, 0.05) is 19.2 Å². The lowest BCUT2D eigenvalue weighted by atomic mass is 10.2. The van der Waals surface area contributed by atoms with Crippen LogP contribution in [0, 0.1) is 5.82 Å². The van der Waals surface area contributed by atoms with E-state index in [1.54, 1.807) is 0 Å². The second-order valence-corrected chi connectivity index (χ2v) is 4.33. The van der Waals surface area contributed by atoms with E-state index >= 15 is 0 Å². The summed E-state index contributed by atoms with van der Waals surface area (Å²) in [4.78, 5) is 0. The van der Waals surface area contributed by atoms with Gasteiger partial charge in [-0.1, -0.05) is 24.4 Å². The van der Waals surface area contributed by atoms with Gasteiger partial charge in [-0.15, -0.1) is 0 Å². The van der Waals surface area contributed by atoms with Crippen LogP contribution in [0.15, 0.2) is 12.1 Å². The van der Waals surface area contributed by atoms with Gasteiger partial charge in [-0.3, -0.25) is 0 Å². The molecule has 0 amide bonds. The van der Waals surface area contributed by atoms with Crippen molar-refractivity contribution in [1.29, 1.82) is 0 Å². The van der Waals surface area contributed by atoms with E-state index in [4.69, 9.17) is 22.4 Å². The van der Waals surface area contributed by atoms with Gasteiger partial charge in [0.1, 0.15) is 5.82 Å². The first-order valence-corrected chi connectivity index (χ1v) is 6.12. The SMILES string of the molecule is Nc1cc(Cl)c(F)cc1NCCCCCCO. The van der Waals surface area contributed by atoms with Gasteiger partial charge in [0.15, 0.2) is 0 Å². The van der Waals surface area contributed by atoms with E-state index in [1.165, 1.54) is 12.1 Å². The zero-order chi connectivity index (χ0) is 12.7. The first-order chi connectivity index (χ1) is 8.15. The van der Waals surface area contributed by atoms with Crippen LogP contribution in [0.4, 0.5) is 15.8 Å². The van der Waals surface area contributed by atoms with Gasteiger partial charge in [-0.05, 0) is 18.9 Å². The van der Waals surface area contributed by atoms with E-state index < -0.39 is 5.82 Å². The Morgan fingerprint density at radius 3 is 2.65 bits per heavy atom. The lowest BCUT2D eigenvalue weighted by molar-refractivity contribution is 0.283. The van der Waals surface area contributed by atoms with E-state index in [0.29, 0.717) is 11.4 Å². The third kappa shape index (κ3) is 4.79. The number of nitrogens with one attached hydrogen (secondary N) is 1. The largest absolute Gasteiger partial charge is 0.397 e. The fraction of sp³-hybridized carbons (Fsp3) is 0.500. The summed E-state index contributed by atoms with van der Waals surface area (Å²) in [5.74, 6) is -0.469. The van der Waals surface area contributed by atoms with Gasteiger partial charge >= 0.3 is 0 Å². The van der Waals surface area contributed by atoms with Crippen molar-refractivity contribution in [3.05, 3.63) is 23.0 Å². The molecule has 0 radical (unpaired) electrons. The number of nitrogens with two attached hydrogens (primary N) is 1. The zero-order valence-corrected chi connectivity index (χ0v) is 10.4. The number of hydrogen-bond donors (Lipinski definition) is 3. The number of hydrogen-bond acceptors (Lipinski definition) is 3. The number of halogens is 2. The van der Waals surface area contributed by atoms with Gasteiger partial charge < -0.3 is 16.2 Å². The molecule has 17 heavy (non-hydrogen) atoms. The fourth-order valence-corrected chi connectivity index (χ4v) is 1.70. The maximum atomic E-state index is 13.2. The Morgan fingerprint density at radius 2 is 1.94 bits per heavy atom. The minimum Gasteiger partial charge on any atom is -0.397 e. The van der Waals surface area contributed by atoms with Crippen molar-refractivity contribution in [3.8, 4) is 0 Å². The minimum absolute atomic E-state index is 0.0380. The highest BCUT2D eigenvalue weighted by Gasteiger charge is 2.05. The van der Waals surface area contributed by atoms with Crippen LogP contribution in [0.3, 0.4) is 0 Å². The summed E-state index contributed by atoms with van der Waals surface area (Å²) in [7, 11) is 0. The molecule has 0 bridgehead atoms. The molecule has 0 aliphatic heterocycles. The van der Waals surface area contributed by atoms with E-state index in [1.807, 2.05) is 0 Å². The lowest BCUT2D eigenvalue weighted by Gasteiger charge is -2.10. The van der Waals surface area contributed by atoms with E-state index in [-0.39, 0.29) is 11.6 Å². The van der Waals surface area contributed by atoms with E-state index in [2.05, 4.69) is 5.32 Å². The summed E-state index contributed by atoms with van der Waals surface area (Å²) in [5.41, 5.74) is 6.73. The second-order valence-electron chi connectivity index (χ2n) is 3.92. The molecule has 96 valence electrons. The molecule has 0 aromatic heterocycles. The number of nitrogen functional groups attached to an aromatic ring is 1. The summed E-state index contributed by atoms with van der Waals surface area (Å²) >= 11 is 5.60. The molecule has 0 saturated carbocycles. The van der Waals surface area contributed by atoms with Crippen molar-refractivity contribution < 1.29 is 9.50 Å². The highest BCUT2D eigenvalue weighted by Crippen LogP contribution is 2.26. The molecule has 0 fully saturated rings. The molecule has 0 saturated heterocycles. The Labute approximate surface area is 106 Å². The van der Waals surface area contributed by atoms with Crippen LogP contribution in [0.2, 0.25) is 5.02 Å². The summed E-state index contributed by atoms with van der Waals surface area (Å²) in [6.45, 7) is 0.972. The molecule has 0 atom stereocenters. The first-order valence-electron chi connectivity index (χ1n) is 5.74. The number of rotatable bonds is 7. The Hall–Kier alpha value is -1.00. The Balaban J connectivity index is 2.34. The van der Waals surface area contributed by atoms with Crippen molar-refractivity contribution in [2.45, 2.75) is 25.7 Å². The van der Waals surface area contributed by atoms with Crippen molar-refractivity contribution in [3.63, 3.8) is 0 Å². The van der Waals surface area contributed by atoms with Gasteiger partial charge in [-0.25, -0.2) is 4.39 Å². The van der Waals surface area contributed by atoms with Gasteiger partial charge in [0.2, 0.25) is 0 Å². The summed E-state index contributed by atoms with van der Waals surface area (Å²) in [6, 6.07) is 2.72. The van der Waals surface area contributed by atoms with E-state index in [9.17, 15) is 4.39 Å². The van der Waals surface area contributed by atoms with Crippen molar-refractivity contribution >= 4 is 23.0 Å². The second kappa shape index (κ2) is 7.35. The van der Waals surface area contributed by atoms with Gasteiger partial charge in [-0.2, -0.15) is 0 Å². The number of aliphatic hydroxyl groups excluding tert-OH is 1. The Kier molecular flexibility index (Phi) is 6.08. The standard InChI is InChI=1S/C12H18ClFN2O/c13-9-7-11(15)12(8-10(9)14)16-5-3-1-2-4-6-17/h7-8,16-17H,1-6,15H2. The molecule has 0 unspecified atom stereocenters. The molecule has 5 heteroatoms. The van der Waals surface area contributed by atoms with Crippen LogP contribution in [-0.2, 0) is 0 Å². The molecular formula is C12H18ClFN2O. The number of unbranched alkanes of at least 4 members (excludes halogenated alkanes) is 3. The van der Waals surface area contributed by atoms with Crippen LogP contribution in [-0.4, -0.2) is 18.3 Å². The highest BCUT2D eigenvalue weighted by atomic mass is 35.5. The molecule has 4 N–H and O–H groups in total. The predicted molar refractivity (Wildman–Crippen MR) is 69.9 cm³/mol. The molecule has 1 rings (SSSR count). The quantitative estimate of drug-likeness (QED) is 0.522. The Bertz CT molecular complexity index is 361. The van der Waals surface area contributed by atoms with Crippen LogP contribution in [0.25, 0.3) is 0 Å². The van der Waals surface area contributed by atoms with Crippen molar-refractivity contribution in [2.24, 2.45) is 0 Å². The number of benzene rings is 1. The molecule has 0 aliphatic carbocycles. The molecular weight excluding hydrogens is 243 g/mol. The Morgan fingerprint density at radius 1 is 1.24 bits per heavy atom. The smallest absolute Gasteiger partial charge is 0.143 e. The van der Waals surface area contributed by atoms with Crippen molar-refractivity contribution in [1.82, 2.24) is 0 Å². The molecule has 0 spiro atoms. The summed E-state index contributed by atoms with van der Waals surface area (Å²) < 4.78 is 13.2. The predicted octanol–water partition coefficient (Wildman–Crippen LogP) is 3.03. The number of anilines is 2. The van der Waals surface area contributed by atoms with Gasteiger partial charge in [0.05, 0.1) is 16.4 Å². The van der Waals surface area contributed by atoms with Crippen LogP contribution in [0.1, 0.15) is 25.7 Å². The molecule has 3 nitrogen and oxygen atoms in total. The molecule has 1 aromatic carbocycles. The van der Waals surface area contributed by atoms with Crippen LogP contribution < -0.4 is 11.1 Å². The minimum atomic E-state index is -0.469. The van der Waals surface area contributed by atoms with E-state index in [0.717, 1.165) is 32.2 Å². The maximum Gasteiger partial charge on any atom is 0.143 e. The molecule has 0 heterocycles. The topological polar surface area (TPSA) is 58.3 Å². The third-order valence-electron chi connectivity index (χ3n) is 2.49. The summed E-state index contributed by atoms with van der Waals surface area (Å²) in [6.07, 6.45) is 3.83. The number of aliphatic hydroxyl groups is 1. The third-order valence-corrected chi connectivity index (χ3v) is 2.78. The first kappa shape index (κ1) is 14.1. The monoisotopic (exact) mass is 260 g/mol. The van der Waals surface area contributed by atoms with Gasteiger partial charge in [0.25, 0.3) is 0 Å². The van der Waals surface area contributed by atoms with Crippen LogP contribution >= 0.6 is 11.6 Å². The lowest BCUT2D eigenvalue weighted by Crippen LogP contribution is -2.05. The normalized spacial score (nSPS) is 10.5. The average Bonchev–Trinajstić information content (AvgIpc) is 2.30. The summed E-state index contributed by atoms with van der Waals surface area (Å²) in [5, 5.41) is 11.7. The highest BCUT2D eigenvalue weighted by molar-refractivity contribution is 6.31. The van der Waals surface area contributed by atoms with Crippen LogP contribution in [0.5, 0.6) is 0 Å². The molecule has 0 aliphatic rings. The fourth-order valence-electron chi connectivity index (χ4n) is 1.53. The average molecular weight is 261 g/mol. The molecule has 1 aromatic rings.